The molecule has 2 heterocycles. The Morgan fingerprint density at radius 1 is 1.08 bits per heavy atom. The van der Waals surface area contributed by atoms with Crippen molar-refractivity contribution < 1.29 is 14.0 Å². The van der Waals surface area contributed by atoms with E-state index in [0.717, 1.165) is 22.4 Å². The molecule has 198 valence electrons. The van der Waals surface area contributed by atoms with E-state index in [-0.39, 0.29) is 23.4 Å². The zero-order valence-corrected chi connectivity index (χ0v) is 21.9. The van der Waals surface area contributed by atoms with Gasteiger partial charge in [-0.2, -0.15) is 0 Å². The Kier molecular flexibility index (Phi) is 7.23. The van der Waals surface area contributed by atoms with E-state index in [9.17, 15) is 14.0 Å². The van der Waals surface area contributed by atoms with Gasteiger partial charge in [-0.15, -0.1) is 0 Å². The van der Waals surface area contributed by atoms with Crippen molar-refractivity contribution >= 4 is 35.4 Å². The molecule has 39 heavy (non-hydrogen) atoms. The predicted molar refractivity (Wildman–Crippen MR) is 150 cm³/mol. The highest BCUT2D eigenvalue weighted by atomic mass is 19.1. The molecule has 1 unspecified atom stereocenters. The number of nitrogens with one attached hydrogen (secondary N) is 3. The second-order valence-electron chi connectivity index (χ2n) is 9.62. The van der Waals surface area contributed by atoms with Gasteiger partial charge >= 0.3 is 0 Å². The van der Waals surface area contributed by atoms with Crippen LogP contribution in [0.25, 0.3) is 0 Å². The maximum Gasteiger partial charge on any atom is 0.255 e. The normalized spacial score (nSPS) is 18.0. The Labute approximate surface area is 226 Å². The summed E-state index contributed by atoms with van der Waals surface area (Å²) in [5.74, 6) is -0.868. The lowest BCUT2D eigenvalue weighted by Crippen LogP contribution is -2.42. The molecule has 3 N–H and O–H groups in total. The number of hydrogen-bond acceptors (Lipinski definition) is 5. The van der Waals surface area contributed by atoms with Crippen molar-refractivity contribution in [2.45, 2.75) is 26.8 Å². The molecular weight excluding hydrogens is 495 g/mol. The minimum atomic E-state index is -0.478. The third-order valence-electron chi connectivity index (χ3n) is 6.90. The summed E-state index contributed by atoms with van der Waals surface area (Å²) in [6.45, 7) is 6.25. The van der Waals surface area contributed by atoms with Crippen LogP contribution in [0.1, 0.15) is 41.4 Å². The first-order valence-electron chi connectivity index (χ1n) is 12.7. The van der Waals surface area contributed by atoms with Gasteiger partial charge in [0.2, 0.25) is 5.91 Å². The molecular formula is C30H29FN6O2. The summed E-state index contributed by atoms with van der Waals surface area (Å²) >= 11 is 0. The van der Waals surface area contributed by atoms with E-state index < -0.39 is 11.7 Å². The Hall–Kier alpha value is -4.79. The van der Waals surface area contributed by atoms with E-state index in [1.807, 2.05) is 62.2 Å². The Morgan fingerprint density at radius 2 is 1.87 bits per heavy atom. The van der Waals surface area contributed by atoms with Gasteiger partial charge in [-0.05, 0) is 67.8 Å². The van der Waals surface area contributed by atoms with E-state index in [4.69, 9.17) is 4.99 Å². The fourth-order valence-corrected chi connectivity index (χ4v) is 4.68. The number of benzene rings is 3. The molecule has 0 fully saturated rings. The van der Waals surface area contributed by atoms with Crippen molar-refractivity contribution in [2.75, 3.05) is 11.9 Å². The van der Waals surface area contributed by atoms with Gasteiger partial charge in [0.25, 0.3) is 5.91 Å². The quantitative estimate of drug-likeness (QED) is 0.421. The molecule has 8 nitrogen and oxygen atoms in total. The third-order valence-corrected chi connectivity index (χ3v) is 6.90. The van der Waals surface area contributed by atoms with E-state index >= 15 is 0 Å². The molecule has 0 saturated carbocycles. The van der Waals surface area contributed by atoms with E-state index in [1.165, 1.54) is 18.2 Å². The number of amidine groups is 1. The van der Waals surface area contributed by atoms with Crippen LogP contribution in [0, 0.1) is 18.7 Å². The number of hydrogen-bond donors (Lipinski definition) is 3. The van der Waals surface area contributed by atoms with Gasteiger partial charge in [0.05, 0.1) is 24.2 Å². The molecule has 0 aliphatic carbocycles. The lowest BCUT2D eigenvalue weighted by Gasteiger charge is -2.25. The van der Waals surface area contributed by atoms with Gasteiger partial charge < -0.3 is 10.6 Å². The number of rotatable bonds is 6. The van der Waals surface area contributed by atoms with Gasteiger partial charge in [-0.1, -0.05) is 42.5 Å². The SMILES string of the molecule is CC1=C2C(=Nc3cc(NC(=O)c4cccc(F)c4)ccc3C)N=CNN2CC1C(=O)N[C@@H](C)c1ccccc1. The number of anilines is 1. The van der Waals surface area contributed by atoms with Crippen LogP contribution >= 0.6 is 0 Å². The predicted octanol–water partition coefficient (Wildman–Crippen LogP) is 5.05. The molecule has 3 aromatic rings. The smallest absolute Gasteiger partial charge is 0.255 e. The number of fused-ring (bicyclic) bond motifs is 1. The number of nitrogens with zero attached hydrogens (tertiary/aromatic N) is 3. The van der Waals surface area contributed by atoms with Gasteiger partial charge in [0, 0.05) is 11.3 Å². The van der Waals surface area contributed by atoms with Crippen LogP contribution in [-0.4, -0.2) is 35.5 Å². The molecule has 0 saturated heterocycles. The van der Waals surface area contributed by atoms with Crippen LogP contribution < -0.4 is 16.1 Å². The second-order valence-corrected chi connectivity index (χ2v) is 9.62. The van der Waals surface area contributed by atoms with Crippen molar-refractivity contribution in [1.29, 1.82) is 0 Å². The van der Waals surface area contributed by atoms with Crippen LogP contribution in [0.5, 0.6) is 0 Å². The molecule has 5 rings (SSSR count). The Bertz CT molecular complexity index is 1510. The monoisotopic (exact) mass is 524 g/mol. The van der Waals surface area contributed by atoms with Gasteiger partial charge in [-0.25, -0.2) is 14.4 Å². The maximum absolute atomic E-state index is 13.6. The Morgan fingerprint density at radius 3 is 2.64 bits per heavy atom. The molecule has 3 aromatic carbocycles. The van der Waals surface area contributed by atoms with E-state index in [2.05, 4.69) is 21.1 Å². The molecule has 0 aromatic heterocycles. The summed E-state index contributed by atoms with van der Waals surface area (Å²) in [5.41, 5.74) is 8.00. The van der Waals surface area contributed by atoms with E-state index in [1.54, 1.807) is 24.5 Å². The molecule has 2 amide bonds. The van der Waals surface area contributed by atoms with Crippen molar-refractivity contribution in [1.82, 2.24) is 15.8 Å². The lowest BCUT2D eigenvalue weighted by atomic mass is 10.00. The summed E-state index contributed by atoms with van der Waals surface area (Å²) < 4.78 is 13.6. The number of amides is 2. The summed E-state index contributed by atoms with van der Waals surface area (Å²) in [6.07, 6.45) is 1.55. The van der Waals surface area contributed by atoms with Gasteiger partial charge in [0.15, 0.2) is 5.84 Å². The second kappa shape index (κ2) is 10.9. The molecule has 0 radical (unpaired) electrons. The lowest BCUT2D eigenvalue weighted by molar-refractivity contribution is -0.124. The molecule has 0 bridgehead atoms. The van der Waals surface area contributed by atoms with Gasteiger partial charge in [-0.3, -0.25) is 20.0 Å². The first-order chi connectivity index (χ1) is 18.8. The van der Waals surface area contributed by atoms with Crippen LogP contribution in [0.2, 0.25) is 0 Å². The number of halogens is 1. The summed E-state index contributed by atoms with van der Waals surface area (Å²) in [6, 6.07) is 20.6. The first-order valence-corrected chi connectivity index (χ1v) is 12.7. The van der Waals surface area contributed by atoms with Crippen LogP contribution in [0.15, 0.2) is 94.1 Å². The molecule has 9 heteroatoms. The zero-order valence-electron chi connectivity index (χ0n) is 21.9. The van der Waals surface area contributed by atoms with Gasteiger partial charge in [0.1, 0.15) is 17.9 Å². The number of hydrazine groups is 1. The van der Waals surface area contributed by atoms with Crippen molar-refractivity contribution in [3.63, 3.8) is 0 Å². The largest absolute Gasteiger partial charge is 0.349 e. The Balaban J connectivity index is 1.38. The molecule has 2 aliphatic rings. The van der Waals surface area contributed by atoms with E-state index in [0.29, 0.717) is 23.8 Å². The summed E-state index contributed by atoms with van der Waals surface area (Å²) in [4.78, 5) is 35.1. The topological polar surface area (TPSA) is 98.2 Å². The highest BCUT2D eigenvalue weighted by molar-refractivity contribution is 6.07. The van der Waals surface area contributed by atoms with Crippen molar-refractivity contribution in [3.05, 3.63) is 107 Å². The molecule has 2 atom stereocenters. The zero-order chi connectivity index (χ0) is 27.5. The summed E-state index contributed by atoms with van der Waals surface area (Å²) in [7, 11) is 0. The molecule has 0 spiro atoms. The number of aliphatic imine (C=N–C) groups is 2. The fourth-order valence-electron chi connectivity index (χ4n) is 4.68. The van der Waals surface area contributed by atoms with Crippen LogP contribution in [-0.2, 0) is 4.79 Å². The fraction of sp³-hybridized carbons (Fsp3) is 0.200. The van der Waals surface area contributed by atoms with Crippen molar-refractivity contribution in [3.8, 4) is 0 Å². The standard InChI is InChI=1S/C30H29FN6O2/c1-18-12-13-24(35-29(38)22-10-7-11-23(31)14-22)15-26(18)36-28-27-19(2)25(16-37(27)33-17-32-28)30(39)34-20(3)21-8-5-4-6-9-21/h4-15,17,20,25H,16H2,1-3H3,(H,34,39)(H,35,38)(H,32,33,36)/t20-,25?/m0/s1. The average molecular weight is 525 g/mol. The minimum Gasteiger partial charge on any atom is -0.349 e. The minimum absolute atomic E-state index is 0.0647. The first kappa shape index (κ1) is 25.8. The van der Waals surface area contributed by atoms with Crippen LogP contribution in [0.3, 0.4) is 0 Å². The average Bonchev–Trinajstić information content (AvgIpc) is 3.28. The van der Waals surface area contributed by atoms with Crippen molar-refractivity contribution in [2.24, 2.45) is 15.9 Å². The third kappa shape index (κ3) is 5.57. The number of aryl methyl sites for hydroxylation is 1. The highest BCUT2D eigenvalue weighted by Gasteiger charge is 2.37. The highest BCUT2D eigenvalue weighted by Crippen LogP contribution is 2.32. The number of carbonyl (C=O) groups excluding carboxylic acids is 2. The number of carbonyl (C=O) groups is 2. The van der Waals surface area contributed by atoms with Crippen LogP contribution in [0.4, 0.5) is 15.8 Å². The maximum atomic E-state index is 13.6. The summed E-state index contributed by atoms with van der Waals surface area (Å²) in [5, 5.41) is 7.80. The molecule has 2 aliphatic heterocycles.